The van der Waals surface area contributed by atoms with Crippen LogP contribution in [0.25, 0.3) is 0 Å². The Hall–Kier alpha value is -0.660. The van der Waals surface area contributed by atoms with Gasteiger partial charge in [0.2, 0.25) is 15.9 Å². The first-order chi connectivity index (χ1) is 9.45. The van der Waals surface area contributed by atoms with Crippen molar-refractivity contribution >= 4 is 15.9 Å². The van der Waals surface area contributed by atoms with Crippen LogP contribution in [0.15, 0.2) is 0 Å². The Bertz CT molecular complexity index is 424. The second-order valence-electron chi connectivity index (χ2n) is 5.92. The van der Waals surface area contributed by atoms with E-state index in [9.17, 15) is 13.2 Å². The summed E-state index contributed by atoms with van der Waals surface area (Å²) < 4.78 is 24.3. The molecule has 1 amide bonds. The van der Waals surface area contributed by atoms with E-state index >= 15 is 0 Å². The van der Waals surface area contributed by atoms with Gasteiger partial charge in [0.1, 0.15) is 0 Å². The van der Waals surface area contributed by atoms with Gasteiger partial charge >= 0.3 is 0 Å². The molecule has 6 nitrogen and oxygen atoms in total. The summed E-state index contributed by atoms with van der Waals surface area (Å²) in [5.41, 5.74) is 0. The van der Waals surface area contributed by atoms with Crippen molar-refractivity contribution in [2.75, 3.05) is 32.4 Å². The molecule has 2 rings (SSSR count). The van der Waals surface area contributed by atoms with Crippen LogP contribution in [-0.2, 0) is 14.8 Å². The Morgan fingerprint density at radius 2 is 2.00 bits per heavy atom. The van der Waals surface area contributed by atoms with Gasteiger partial charge in [-0.25, -0.2) is 12.7 Å². The maximum atomic E-state index is 12.0. The molecule has 1 atom stereocenters. The molecule has 2 aliphatic heterocycles. The van der Waals surface area contributed by atoms with E-state index in [1.165, 1.54) is 10.6 Å². The molecule has 0 aromatic carbocycles. The van der Waals surface area contributed by atoms with Crippen molar-refractivity contribution in [3.05, 3.63) is 0 Å². The minimum Gasteiger partial charge on any atom is -0.353 e. The maximum absolute atomic E-state index is 12.0. The van der Waals surface area contributed by atoms with E-state index in [1.54, 1.807) is 0 Å². The zero-order chi connectivity index (χ0) is 14.6. The number of piperidine rings is 2. The van der Waals surface area contributed by atoms with Gasteiger partial charge in [-0.15, -0.1) is 0 Å². The first-order valence-electron chi connectivity index (χ1n) is 7.40. The molecule has 20 heavy (non-hydrogen) atoms. The smallest absolute Gasteiger partial charge is 0.220 e. The van der Waals surface area contributed by atoms with Crippen molar-refractivity contribution in [3.8, 4) is 0 Å². The van der Waals surface area contributed by atoms with Crippen molar-refractivity contribution in [2.45, 2.75) is 38.1 Å². The molecule has 2 aliphatic rings. The van der Waals surface area contributed by atoms with Crippen LogP contribution in [0.2, 0.25) is 0 Å². The lowest BCUT2D eigenvalue weighted by Crippen LogP contribution is -2.46. The monoisotopic (exact) mass is 303 g/mol. The highest BCUT2D eigenvalue weighted by Crippen LogP contribution is 2.16. The third-order valence-corrected chi connectivity index (χ3v) is 5.46. The van der Waals surface area contributed by atoms with Crippen LogP contribution < -0.4 is 10.6 Å². The van der Waals surface area contributed by atoms with E-state index in [-0.39, 0.29) is 11.9 Å². The summed E-state index contributed by atoms with van der Waals surface area (Å²) in [6.07, 6.45) is 5.50. The van der Waals surface area contributed by atoms with Crippen LogP contribution in [0.5, 0.6) is 0 Å². The lowest BCUT2D eigenvalue weighted by molar-refractivity contribution is -0.123. The zero-order valence-electron chi connectivity index (χ0n) is 12.1. The topological polar surface area (TPSA) is 78.5 Å². The molecular weight excluding hydrogens is 278 g/mol. The third kappa shape index (κ3) is 4.71. The Labute approximate surface area is 121 Å². The number of carbonyl (C=O) groups is 1. The highest BCUT2D eigenvalue weighted by Gasteiger charge is 2.26. The maximum Gasteiger partial charge on any atom is 0.220 e. The molecule has 1 unspecified atom stereocenters. The summed E-state index contributed by atoms with van der Waals surface area (Å²) in [5.74, 6) is 0.552. The Kier molecular flexibility index (Phi) is 5.40. The summed E-state index contributed by atoms with van der Waals surface area (Å²) in [7, 11) is -3.09. The van der Waals surface area contributed by atoms with Gasteiger partial charge in [-0.05, 0) is 44.7 Å². The molecule has 0 aliphatic carbocycles. The number of rotatable bonds is 4. The van der Waals surface area contributed by atoms with Gasteiger partial charge in [-0.2, -0.15) is 0 Å². The number of hydrogen-bond acceptors (Lipinski definition) is 4. The lowest BCUT2D eigenvalue weighted by Gasteiger charge is -2.31. The standard InChI is InChI=1S/C13H25N3O3S/c1-20(18,19)16-7-4-12(5-8-16)15-13(17)9-11-3-2-6-14-10-11/h11-12,14H,2-10H2,1H3,(H,15,17). The van der Waals surface area contributed by atoms with Crippen molar-refractivity contribution in [2.24, 2.45) is 5.92 Å². The number of nitrogens with one attached hydrogen (secondary N) is 2. The SMILES string of the molecule is CS(=O)(=O)N1CCC(NC(=O)CC2CCCNC2)CC1. The molecule has 0 aromatic heterocycles. The van der Waals surface area contributed by atoms with E-state index in [4.69, 9.17) is 0 Å². The molecule has 0 radical (unpaired) electrons. The molecule has 2 heterocycles. The third-order valence-electron chi connectivity index (χ3n) is 4.16. The van der Waals surface area contributed by atoms with Crippen LogP contribution in [0.1, 0.15) is 32.1 Å². The zero-order valence-corrected chi connectivity index (χ0v) is 12.9. The van der Waals surface area contributed by atoms with Gasteiger partial charge in [0.05, 0.1) is 6.26 Å². The van der Waals surface area contributed by atoms with Crippen LogP contribution >= 0.6 is 0 Å². The fourth-order valence-corrected chi connectivity index (χ4v) is 3.85. The van der Waals surface area contributed by atoms with E-state index in [0.29, 0.717) is 38.3 Å². The largest absolute Gasteiger partial charge is 0.353 e. The molecule has 0 spiro atoms. The molecule has 116 valence electrons. The van der Waals surface area contributed by atoms with Gasteiger partial charge in [-0.3, -0.25) is 4.79 Å². The van der Waals surface area contributed by atoms with Crippen molar-refractivity contribution in [1.29, 1.82) is 0 Å². The van der Waals surface area contributed by atoms with E-state index < -0.39 is 10.0 Å². The predicted molar refractivity (Wildman–Crippen MR) is 77.8 cm³/mol. The van der Waals surface area contributed by atoms with Gasteiger partial charge < -0.3 is 10.6 Å². The molecular formula is C13H25N3O3S. The van der Waals surface area contributed by atoms with E-state index in [0.717, 1.165) is 25.9 Å². The number of amides is 1. The van der Waals surface area contributed by atoms with Crippen molar-refractivity contribution in [1.82, 2.24) is 14.9 Å². The fourth-order valence-electron chi connectivity index (χ4n) is 2.98. The number of nitrogens with zero attached hydrogens (tertiary/aromatic N) is 1. The minimum atomic E-state index is -3.09. The Balaban J connectivity index is 1.70. The van der Waals surface area contributed by atoms with Gasteiger partial charge in [0.15, 0.2) is 0 Å². The second-order valence-corrected chi connectivity index (χ2v) is 7.90. The van der Waals surface area contributed by atoms with Crippen molar-refractivity contribution < 1.29 is 13.2 Å². The summed E-state index contributed by atoms with van der Waals surface area (Å²) >= 11 is 0. The molecule has 2 saturated heterocycles. The minimum absolute atomic E-state index is 0.108. The van der Waals surface area contributed by atoms with E-state index in [2.05, 4.69) is 10.6 Å². The van der Waals surface area contributed by atoms with Crippen LogP contribution in [0.4, 0.5) is 0 Å². The van der Waals surface area contributed by atoms with Gasteiger partial charge in [-0.1, -0.05) is 0 Å². The molecule has 2 fully saturated rings. The number of sulfonamides is 1. The molecule has 2 N–H and O–H groups in total. The summed E-state index contributed by atoms with van der Waals surface area (Å²) in [6, 6.07) is 0.122. The number of hydrogen-bond donors (Lipinski definition) is 2. The molecule has 0 aromatic rings. The lowest BCUT2D eigenvalue weighted by atomic mass is 9.95. The highest BCUT2D eigenvalue weighted by molar-refractivity contribution is 7.88. The summed E-state index contributed by atoms with van der Waals surface area (Å²) in [6.45, 7) is 3.01. The Morgan fingerprint density at radius 1 is 1.30 bits per heavy atom. The summed E-state index contributed by atoms with van der Waals surface area (Å²) in [5, 5.41) is 6.36. The van der Waals surface area contributed by atoms with Crippen LogP contribution in [-0.4, -0.2) is 57.1 Å². The highest BCUT2D eigenvalue weighted by atomic mass is 32.2. The Morgan fingerprint density at radius 3 is 2.55 bits per heavy atom. The average molecular weight is 303 g/mol. The number of carbonyl (C=O) groups excluding carboxylic acids is 1. The second kappa shape index (κ2) is 6.87. The molecule has 0 bridgehead atoms. The van der Waals surface area contributed by atoms with Gasteiger partial charge in [0, 0.05) is 25.6 Å². The first-order valence-corrected chi connectivity index (χ1v) is 9.25. The molecule has 7 heteroatoms. The average Bonchev–Trinajstić information content (AvgIpc) is 2.39. The normalized spacial score (nSPS) is 26.4. The van der Waals surface area contributed by atoms with E-state index in [1.807, 2.05) is 0 Å². The van der Waals surface area contributed by atoms with Crippen molar-refractivity contribution in [3.63, 3.8) is 0 Å². The molecule has 0 saturated carbocycles. The fraction of sp³-hybridized carbons (Fsp3) is 0.923. The summed E-state index contributed by atoms with van der Waals surface area (Å²) in [4.78, 5) is 12.0. The van der Waals surface area contributed by atoms with Crippen LogP contribution in [0.3, 0.4) is 0 Å². The van der Waals surface area contributed by atoms with Crippen LogP contribution in [0, 0.1) is 5.92 Å². The predicted octanol–water partition coefficient (Wildman–Crippen LogP) is -0.0837. The van der Waals surface area contributed by atoms with Gasteiger partial charge in [0.25, 0.3) is 0 Å². The quantitative estimate of drug-likeness (QED) is 0.761. The first kappa shape index (κ1) is 15.7.